The highest BCUT2D eigenvalue weighted by Gasteiger charge is 2.50. The predicted octanol–water partition coefficient (Wildman–Crippen LogP) is 14.4. The summed E-state index contributed by atoms with van der Waals surface area (Å²) in [5.74, 6) is 0. The summed E-state index contributed by atoms with van der Waals surface area (Å²) in [4.78, 5) is 0. The average molecular weight is 852 g/mol. The number of hydrogen-bond acceptors (Lipinski definition) is 2. The van der Waals surface area contributed by atoms with Crippen LogP contribution in [0.25, 0.3) is 27.5 Å². The van der Waals surface area contributed by atoms with E-state index in [0.717, 1.165) is 73.0 Å². The van der Waals surface area contributed by atoms with E-state index in [9.17, 15) is 0 Å². The van der Waals surface area contributed by atoms with Gasteiger partial charge in [-0.05, 0) is 109 Å². The molecule has 302 valence electrons. The second-order valence-corrected chi connectivity index (χ2v) is 20.5. The number of para-hydroxylation sites is 9. The minimum atomic E-state index is -3.69. The molecule has 9 heteroatoms. The summed E-state index contributed by atoms with van der Waals surface area (Å²) in [6, 6.07) is 79.2. The number of nitrogens with zero attached hydrogens (tertiary/aromatic N) is 5. The van der Waals surface area contributed by atoms with Crippen molar-refractivity contribution in [2.75, 3.05) is 18.7 Å². The van der Waals surface area contributed by atoms with Crippen molar-refractivity contribution in [1.82, 2.24) is 4.57 Å². The van der Waals surface area contributed by atoms with Crippen LogP contribution in [0.5, 0.6) is 0 Å². The number of aromatic nitrogens is 1. The molecule has 2 aliphatic heterocycles. The van der Waals surface area contributed by atoms with Crippen LogP contribution < -0.4 is 29.3 Å². The van der Waals surface area contributed by atoms with Crippen molar-refractivity contribution in [1.29, 1.82) is 0 Å². The van der Waals surface area contributed by atoms with Crippen molar-refractivity contribution in [2.24, 2.45) is 0 Å². The van der Waals surface area contributed by atoms with Gasteiger partial charge in [-0.3, -0.25) is 27.8 Å². The van der Waals surface area contributed by atoms with E-state index in [0.29, 0.717) is 10.6 Å². The maximum absolute atomic E-state index is 16.8. The fourth-order valence-electron chi connectivity index (χ4n) is 9.54. The Labute approximate surface area is 365 Å². The highest BCUT2D eigenvalue weighted by molar-refractivity contribution is 7.76. The Balaban J connectivity index is 1.13. The summed E-state index contributed by atoms with van der Waals surface area (Å²) in [6.07, 6.45) is 0. The van der Waals surface area contributed by atoms with Crippen LogP contribution in [0.4, 0.5) is 45.5 Å². The molecule has 1 aromatic heterocycles. The van der Waals surface area contributed by atoms with Crippen LogP contribution in [-0.4, -0.2) is 4.57 Å². The first-order chi connectivity index (χ1) is 31.0. The van der Waals surface area contributed by atoms with E-state index in [1.807, 2.05) is 195 Å². The quantitative estimate of drug-likeness (QED) is 0.149. The lowest BCUT2D eigenvalue weighted by molar-refractivity contribution is 0.581. The fourth-order valence-corrected chi connectivity index (χ4v) is 15.6. The Hall–Kier alpha value is -7.56. The van der Waals surface area contributed by atoms with Gasteiger partial charge in [-0.2, -0.15) is 0 Å². The third-order valence-corrected chi connectivity index (χ3v) is 18.0. The topological polar surface area (TPSA) is 52.0 Å². The van der Waals surface area contributed by atoms with Gasteiger partial charge in [0.1, 0.15) is 0 Å². The first-order valence-electron chi connectivity index (χ1n) is 21.0. The van der Waals surface area contributed by atoms with Crippen molar-refractivity contribution in [3.05, 3.63) is 237 Å². The molecule has 9 aromatic carbocycles. The Kier molecular flexibility index (Phi) is 8.58. The molecule has 0 spiro atoms. The van der Waals surface area contributed by atoms with Gasteiger partial charge in [0.25, 0.3) is 0 Å². The fraction of sp³-hybridized carbons (Fsp3) is 0. The van der Waals surface area contributed by atoms with Crippen LogP contribution in [0.1, 0.15) is 0 Å². The maximum Gasteiger partial charge on any atom is 0.301 e. The summed E-state index contributed by atoms with van der Waals surface area (Å²) >= 11 is 0. The molecule has 0 bridgehead atoms. The van der Waals surface area contributed by atoms with Gasteiger partial charge in [0.15, 0.2) is 0 Å². The molecule has 10 aromatic rings. The molecule has 0 radical (unpaired) electrons. The number of fused-ring (bicyclic) bond motifs is 5. The van der Waals surface area contributed by atoms with Crippen molar-refractivity contribution < 1.29 is 9.13 Å². The van der Waals surface area contributed by atoms with Crippen LogP contribution in [0.2, 0.25) is 0 Å². The molecule has 2 aliphatic rings. The van der Waals surface area contributed by atoms with Crippen molar-refractivity contribution in [3.8, 4) is 5.69 Å². The van der Waals surface area contributed by atoms with Gasteiger partial charge < -0.3 is 4.57 Å². The summed E-state index contributed by atoms with van der Waals surface area (Å²) < 4.78 is 43.9. The molecule has 3 heterocycles. The Morgan fingerprint density at radius 2 is 0.524 bits per heavy atom. The van der Waals surface area contributed by atoms with Gasteiger partial charge in [-0.1, -0.05) is 127 Å². The average Bonchev–Trinajstić information content (AvgIpc) is 3.93. The van der Waals surface area contributed by atoms with E-state index in [1.165, 1.54) is 0 Å². The SMILES string of the molecule is O=P1(c2ccc3c4ccc(P5(=O)N(c6ccccc6)c6ccccc6N5c5ccccc5)cc4n(-c4ccccc4)c3c2)N(c2ccccc2)c2ccccc2N1c1ccccc1. The zero-order valence-electron chi connectivity index (χ0n) is 34.0. The standard InChI is InChI=1S/C54H39N5O2P2/c60-62(56(41-22-8-2-9-23-41)49-30-16-17-31-50(49)57(62)42-24-10-3-11-25-42)45-34-36-47-48-37-35-46(39-54(48)55(53(47)38-45)40-20-6-1-7-21-40)63(61)58(43-26-12-4-13-27-43)51-32-18-19-33-52(51)59(63)44-28-14-5-15-29-44/h1-39H. The highest BCUT2D eigenvalue weighted by Crippen LogP contribution is 2.71. The minimum absolute atomic E-state index is 0.684. The van der Waals surface area contributed by atoms with Gasteiger partial charge in [0.2, 0.25) is 0 Å². The molecule has 0 saturated heterocycles. The molecule has 0 atom stereocenters. The first-order valence-corrected chi connectivity index (χ1v) is 24.2. The van der Waals surface area contributed by atoms with E-state index in [4.69, 9.17) is 0 Å². The molecule has 0 aliphatic carbocycles. The van der Waals surface area contributed by atoms with E-state index in [2.05, 4.69) is 65.2 Å². The maximum atomic E-state index is 16.8. The molecular weight excluding hydrogens is 813 g/mol. The monoisotopic (exact) mass is 851 g/mol. The van der Waals surface area contributed by atoms with E-state index >= 15 is 9.13 Å². The molecule has 12 rings (SSSR count). The molecule has 0 unspecified atom stereocenters. The molecule has 0 saturated carbocycles. The lowest BCUT2D eigenvalue weighted by Gasteiger charge is -2.33. The van der Waals surface area contributed by atoms with Gasteiger partial charge in [0, 0.05) is 39.2 Å². The van der Waals surface area contributed by atoms with E-state index in [1.54, 1.807) is 0 Å². The van der Waals surface area contributed by atoms with E-state index in [-0.39, 0.29) is 0 Å². The lowest BCUT2D eigenvalue weighted by atomic mass is 10.1. The molecule has 63 heavy (non-hydrogen) atoms. The highest BCUT2D eigenvalue weighted by atomic mass is 31.2. The minimum Gasteiger partial charge on any atom is -0.309 e. The van der Waals surface area contributed by atoms with Gasteiger partial charge in [-0.25, -0.2) is 0 Å². The lowest BCUT2D eigenvalue weighted by Crippen LogP contribution is -2.26. The smallest absolute Gasteiger partial charge is 0.301 e. The third kappa shape index (κ3) is 5.54. The van der Waals surface area contributed by atoms with Crippen LogP contribution in [0.3, 0.4) is 0 Å². The molecule has 0 amide bonds. The van der Waals surface area contributed by atoms with E-state index < -0.39 is 14.9 Å². The van der Waals surface area contributed by atoms with Gasteiger partial charge in [-0.15, -0.1) is 0 Å². The van der Waals surface area contributed by atoms with Gasteiger partial charge in [0.05, 0.1) is 44.4 Å². The summed E-state index contributed by atoms with van der Waals surface area (Å²) in [7, 11) is -7.37. The molecular formula is C54H39N5O2P2. The zero-order valence-corrected chi connectivity index (χ0v) is 35.8. The Bertz CT molecular complexity index is 3090. The van der Waals surface area contributed by atoms with Crippen LogP contribution in [0.15, 0.2) is 237 Å². The van der Waals surface area contributed by atoms with Crippen LogP contribution in [0, 0.1) is 0 Å². The number of benzene rings is 9. The number of hydrogen-bond donors (Lipinski definition) is 0. The molecule has 7 nitrogen and oxygen atoms in total. The second kappa shape index (κ2) is 14.5. The molecule has 0 N–H and O–H groups in total. The summed E-state index contributed by atoms with van der Waals surface area (Å²) in [6.45, 7) is 0. The first kappa shape index (κ1) is 37.2. The number of anilines is 8. The number of rotatable bonds is 7. The zero-order chi connectivity index (χ0) is 42.1. The normalized spacial score (nSPS) is 14.9. The van der Waals surface area contributed by atoms with Crippen molar-refractivity contribution in [2.45, 2.75) is 0 Å². The summed E-state index contributed by atoms with van der Waals surface area (Å²) in [5.41, 5.74) is 9.58. The molecule has 0 fully saturated rings. The second-order valence-electron chi connectivity index (χ2n) is 15.7. The predicted molar refractivity (Wildman–Crippen MR) is 262 cm³/mol. The van der Waals surface area contributed by atoms with Crippen LogP contribution >= 0.6 is 14.9 Å². The van der Waals surface area contributed by atoms with Crippen molar-refractivity contribution >= 4 is 92.8 Å². The largest absolute Gasteiger partial charge is 0.309 e. The van der Waals surface area contributed by atoms with Crippen molar-refractivity contribution in [3.63, 3.8) is 0 Å². The Morgan fingerprint density at radius 3 is 0.810 bits per heavy atom. The third-order valence-electron chi connectivity index (χ3n) is 12.2. The Morgan fingerprint density at radius 1 is 0.270 bits per heavy atom. The van der Waals surface area contributed by atoms with Crippen LogP contribution in [-0.2, 0) is 9.13 Å². The van der Waals surface area contributed by atoms with Gasteiger partial charge >= 0.3 is 14.9 Å². The summed E-state index contributed by atoms with van der Waals surface area (Å²) in [5, 5.41) is 3.36.